The molecule has 0 aliphatic heterocycles. The zero-order valence-electron chi connectivity index (χ0n) is 29.7. The topological polar surface area (TPSA) is 204 Å². The summed E-state index contributed by atoms with van der Waals surface area (Å²) in [4.78, 5) is 70.5. The molecule has 1 unspecified atom stereocenters. The van der Waals surface area contributed by atoms with Gasteiger partial charge in [-0.25, -0.2) is 24.0 Å². The molecule has 3 rings (SSSR count). The molecule has 4 N–H and O–H groups in total. The van der Waals surface area contributed by atoms with Gasteiger partial charge in [-0.15, -0.1) is 0 Å². The molecule has 14 nitrogen and oxygen atoms in total. The van der Waals surface area contributed by atoms with Crippen LogP contribution < -0.4 is 10.6 Å². The second kappa shape index (κ2) is 18.2. The maximum absolute atomic E-state index is 12.2. The third-order valence-corrected chi connectivity index (χ3v) is 6.67. The number of hydrogen-bond donors (Lipinski definition) is 4. The van der Waals surface area contributed by atoms with Crippen LogP contribution in [0.5, 0.6) is 0 Å². The Morgan fingerprint density at radius 3 is 1.24 bits per heavy atom. The van der Waals surface area contributed by atoms with Crippen molar-refractivity contribution < 1.29 is 57.9 Å². The van der Waals surface area contributed by atoms with Crippen LogP contribution in [0.4, 0.5) is 9.59 Å². The highest BCUT2D eigenvalue weighted by Crippen LogP contribution is 2.27. The highest BCUT2D eigenvalue weighted by Gasteiger charge is 2.29. The molecule has 0 spiro atoms. The molecule has 0 aromatic heterocycles. The molecule has 3 aromatic carbocycles. The van der Waals surface area contributed by atoms with Crippen molar-refractivity contribution >= 4 is 36.1 Å². The van der Waals surface area contributed by atoms with Gasteiger partial charge in [-0.05, 0) is 75.9 Å². The summed E-state index contributed by atoms with van der Waals surface area (Å²) in [5.41, 5.74) is 0.671. The fourth-order valence-electron chi connectivity index (χ4n) is 4.47. The first-order chi connectivity index (χ1) is 23.8. The van der Waals surface area contributed by atoms with E-state index in [2.05, 4.69) is 15.4 Å². The van der Waals surface area contributed by atoms with E-state index in [0.717, 1.165) is 0 Å². The summed E-state index contributed by atoms with van der Waals surface area (Å²) in [6, 6.07) is 18.7. The van der Waals surface area contributed by atoms with Crippen molar-refractivity contribution in [3.8, 4) is 0 Å². The lowest BCUT2D eigenvalue weighted by Crippen LogP contribution is -2.38. The van der Waals surface area contributed by atoms with Crippen LogP contribution in [0.3, 0.4) is 0 Å². The largest absolute Gasteiger partial charge is 0.481 e. The van der Waals surface area contributed by atoms with Gasteiger partial charge in [-0.1, -0.05) is 66.7 Å². The number of nitrogens with one attached hydrogen (secondary N) is 2. The molecule has 0 aliphatic carbocycles. The van der Waals surface area contributed by atoms with Crippen molar-refractivity contribution in [1.29, 1.82) is 0 Å². The van der Waals surface area contributed by atoms with E-state index >= 15 is 0 Å². The van der Waals surface area contributed by atoms with Crippen LogP contribution in [0.15, 0.2) is 78.9 Å². The minimum absolute atomic E-state index is 0.0737. The van der Waals surface area contributed by atoms with Gasteiger partial charge in [0.15, 0.2) is 12.1 Å². The number of carbonyl (C=O) groups is 6. The number of carboxylic acids is 2. The van der Waals surface area contributed by atoms with E-state index in [1.165, 1.54) is 38.5 Å². The summed E-state index contributed by atoms with van der Waals surface area (Å²) in [6.07, 6.45) is -1.53. The number of amides is 2. The number of carbonyl (C=O) groups excluding carboxylic acids is 4. The van der Waals surface area contributed by atoms with Crippen LogP contribution in [0.25, 0.3) is 0 Å². The van der Waals surface area contributed by atoms with Gasteiger partial charge in [-0.2, -0.15) is 0 Å². The van der Waals surface area contributed by atoms with E-state index in [-0.39, 0.29) is 5.56 Å². The minimum Gasteiger partial charge on any atom is -0.481 e. The Bertz CT molecular complexity index is 1660. The summed E-state index contributed by atoms with van der Waals surface area (Å²) >= 11 is 0. The van der Waals surface area contributed by atoms with Gasteiger partial charge in [0.1, 0.15) is 17.1 Å². The zero-order valence-corrected chi connectivity index (χ0v) is 29.7. The third-order valence-electron chi connectivity index (χ3n) is 6.67. The van der Waals surface area contributed by atoms with Gasteiger partial charge in [0.25, 0.3) is 0 Å². The summed E-state index contributed by atoms with van der Waals surface area (Å²) < 4.78 is 19.7. The molecule has 0 radical (unpaired) electrons. The maximum Gasteiger partial charge on any atom is 0.408 e. The lowest BCUT2D eigenvalue weighted by Gasteiger charge is -2.23. The number of esters is 2. The monoisotopic (exact) mass is 708 g/mol. The Labute approximate surface area is 296 Å². The van der Waals surface area contributed by atoms with Gasteiger partial charge in [0.2, 0.25) is 0 Å². The number of alkyl carbamates (subject to hydrolysis) is 2. The number of methoxy groups -OCH3 is 2. The van der Waals surface area contributed by atoms with E-state index in [0.29, 0.717) is 22.3 Å². The Balaban J connectivity index is 0.000000368. The van der Waals surface area contributed by atoms with Crippen LogP contribution in [0, 0.1) is 0 Å². The lowest BCUT2D eigenvalue weighted by molar-refractivity contribution is -0.144. The van der Waals surface area contributed by atoms with Gasteiger partial charge >= 0.3 is 36.1 Å². The fourth-order valence-corrected chi connectivity index (χ4v) is 4.47. The first kappa shape index (κ1) is 41.3. The predicted octanol–water partition coefficient (Wildman–Crippen LogP) is 5.77. The number of ether oxygens (including phenoxy) is 4. The van der Waals surface area contributed by atoms with Gasteiger partial charge in [-0.3, -0.25) is 4.79 Å². The van der Waals surface area contributed by atoms with E-state index in [1.54, 1.807) is 90.1 Å². The van der Waals surface area contributed by atoms with Crippen LogP contribution in [0.2, 0.25) is 0 Å². The van der Waals surface area contributed by atoms with Crippen LogP contribution >= 0.6 is 0 Å². The van der Waals surface area contributed by atoms with Crippen molar-refractivity contribution in [3.05, 3.63) is 107 Å². The van der Waals surface area contributed by atoms with Crippen molar-refractivity contribution in [3.63, 3.8) is 0 Å². The smallest absolute Gasteiger partial charge is 0.408 e. The first-order valence-electron chi connectivity index (χ1n) is 15.6. The Hall–Kier alpha value is -5.92. The second-order valence-electron chi connectivity index (χ2n) is 13.0. The Morgan fingerprint density at radius 2 is 0.902 bits per heavy atom. The quantitative estimate of drug-likeness (QED) is 0.147. The van der Waals surface area contributed by atoms with E-state index in [4.69, 9.17) is 19.3 Å². The number of hydrogen-bond acceptors (Lipinski definition) is 10. The van der Waals surface area contributed by atoms with Crippen molar-refractivity contribution in [2.24, 2.45) is 0 Å². The molecular formula is C37H44N2O12. The number of benzene rings is 3. The Morgan fingerprint density at radius 1 is 0.549 bits per heavy atom. The lowest BCUT2D eigenvalue weighted by atomic mass is 9.90. The molecule has 0 saturated carbocycles. The molecular weight excluding hydrogens is 664 g/mol. The van der Waals surface area contributed by atoms with Crippen molar-refractivity contribution in [1.82, 2.24) is 10.6 Å². The molecule has 14 heteroatoms. The number of aromatic carboxylic acids is 1. The molecule has 0 aliphatic rings. The van der Waals surface area contributed by atoms with E-state index in [9.17, 15) is 33.9 Å². The molecule has 0 heterocycles. The molecule has 2 amide bonds. The summed E-state index contributed by atoms with van der Waals surface area (Å²) in [5, 5.41) is 23.4. The minimum atomic E-state index is -1.08. The molecule has 3 atom stereocenters. The van der Waals surface area contributed by atoms with Crippen LogP contribution in [-0.2, 0) is 33.3 Å². The number of rotatable bonds is 10. The number of aliphatic carboxylic acids is 1. The zero-order chi connectivity index (χ0) is 38.5. The predicted molar refractivity (Wildman–Crippen MR) is 184 cm³/mol. The molecule has 0 bridgehead atoms. The standard InChI is InChI=1S/C22H25NO6.C15H19NO6/c1-22(2,3)29-21(27)23-18(20(26)28-4)16-12-10-15(11-13-16)17(19(24)25)14-8-6-5-7-9-14;1-15(2,3)22-14(20)16-11(13(19)21-4)9-5-7-10(8-6-9)12(17)18/h5-13,17-18H,1-4H3,(H,23,27)(H,24,25);5-8,11H,1-4H3,(H,16,20)(H,17,18)/t17?,18-;11-/m11/s1. The van der Waals surface area contributed by atoms with E-state index in [1.807, 2.05) is 6.07 Å². The fraction of sp³-hybridized carbons (Fsp3) is 0.351. The van der Waals surface area contributed by atoms with Crippen molar-refractivity contribution in [2.75, 3.05) is 14.2 Å². The molecule has 0 fully saturated rings. The van der Waals surface area contributed by atoms with Crippen molar-refractivity contribution in [2.45, 2.75) is 70.7 Å². The second-order valence-corrected chi connectivity index (χ2v) is 13.0. The van der Waals surface area contributed by atoms with Gasteiger partial charge < -0.3 is 39.8 Å². The SMILES string of the molecule is COC(=O)[C@H](NC(=O)OC(C)(C)C)c1ccc(C(=O)O)cc1.COC(=O)[C@H](NC(=O)OC(C)(C)C)c1ccc(C(C(=O)O)c2ccccc2)cc1. The van der Waals surface area contributed by atoms with Crippen LogP contribution in [0.1, 0.15) is 92.2 Å². The summed E-state index contributed by atoms with van der Waals surface area (Å²) in [5.74, 6) is -4.27. The average molecular weight is 709 g/mol. The molecule has 3 aromatic rings. The summed E-state index contributed by atoms with van der Waals surface area (Å²) in [7, 11) is 2.41. The third kappa shape index (κ3) is 13.5. The van der Waals surface area contributed by atoms with E-state index < -0.39 is 65.3 Å². The molecule has 51 heavy (non-hydrogen) atoms. The highest BCUT2D eigenvalue weighted by atomic mass is 16.6. The Kier molecular flexibility index (Phi) is 14.7. The van der Waals surface area contributed by atoms with Gasteiger partial charge in [0, 0.05) is 0 Å². The summed E-state index contributed by atoms with van der Waals surface area (Å²) in [6.45, 7) is 10.2. The van der Waals surface area contributed by atoms with Crippen LogP contribution in [-0.4, -0.2) is 71.7 Å². The normalized spacial score (nSPS) is 12.7. The first-order valence-corrected chi connectivity index (χ1v) is 15.6. The highest BCUT2D eigenvalue weighted by molar-refractivity contribution is 5.88. The number of carboxylic acid groups (broad SMARTS) is 2. The molecule has 274 valence electrons. The average Bonchev–Trinajstić information content (AvgIpc) is 3.05. The van der Waals surface area contributed by atoms with Gasteiger partial charge in [0.05, 0.1) is 19.8 Å². The molecule has 0 saturated heterocycles. The maximum atomic E-state index is 12.2.